The molecule has 0 amide bonds. The second-order valence-corrected chi connectivity index (χ2v) is 4.50. The van der Waals surface area contributed by atoms with Crippen LogP contribution in [0.2, 0.25) is 0 Å². The summed E-state index contributed by atoms with van der Waals surface area (Å²) < 4.78 is 6.78. The van der Waals surface area contributed by atoms with E-state index in [-0.39, 0.29) is 18.4 Å². The van der Waals surface area contributed by atoms with E-state index in [1.54, 1.807) is 10.6 Å². The number of benzene rings is 1. The van der Waals surface area contributed by atoms with Gasteiger partial charge < -0.3 is 9.52 Å². The van der Waals surface area contributed by atoms with Gasteiger partial charge in [0.25, 0.3) is 0 Å². The quantitative estimate of drug-likeness (QED) is 0.857. The van der Waals surface area contributed by atoms with Crippen molar-refractivity contribution < 1.29 is 9.52 Å². The van der Waals surface area contributed by atoms with Gasteiger partial charge in [-0.05, 0) is 26.1 Å². The van der Waals surface area contributed by atoms with Crippen molar-refractivity contribution >= 4 is 11.1 Å². The summed E-state index contributed by atoms with van der Waals surface area (Å²) in [5, 5.41) is 9.06. The molecule has 0 aliphatic rings. The summed E-state index contributed by atoms with van der Waals surface area (Å²) in [6, 6.07) is 7.46. The Labute approximate surface area is 105 Å². The Hall–Kier alpha value is -1.59. The van der Waals surface area contributed by atoms with Crippen LogP contribution in [0.25, 0.3) is 11.1 Å². The van der Waals surface area contributed by atoms with E-state index in [1.165, 1.54) is 0 Å². The average molecular weight is 250 g/mol. The zero-order valence-corrected chi connectivity index (χ0v) is 10.7. The van der Waals surface area contributed by atoms with Crippen LogP contribution in [-0.2, 0) is 6.54 Å². The van der Waals surface area contributed by atoms with E-state index in [1.807, 2.05) is 37.1 Å². The van der Waals surface area contributed by atoms with Gasteiger partial charge in [0.05, 0.1) is 12.1 Å². The SMILES string of the molecule is CC(CO)N(C)CCn1c(=O)oc2ccccc21. The maximum absolute atomic E-state index is 11.7. The molecule has 0 spiro atoms. The monoisotopic (exact) mass is 250 g/mol. The number of fused-ring (bicyclic) bond motifs is 1. The van der Waals surface area contributed by atoms with E-state index in [0.717, 1.165) is 5.52 Å². The van der Waals surface area contributed by atoms with Crippen LogP contribution in [0.5, 0.6) is 0 Å². The van der Waals surface area contributed by atoms with Crippen LogP contribution >= 0.6 is 0 Å². The molecule has 1 heterocycles. The van der Waals surface area contributed by atoms with Gasteiger partial charge in [-0.2, -0.15) is 0 Å². The van der Waals surface area contributed by atoms with Crippen LogP contribution in [0.1, 0.15) is 6.92 Å². The Morgan fingerprint density at radius 1 is 1.44 bits per heavy atom. The Morgan fingerprint density at radius 2 is 2.17 bits per heavy atom. The predicted octanol–water partition coefficient (Wildman–Crippen LogP) is 0.907. The van der Waals surface area contributed by atoms with Gasteiger partial charge in [0, 0.05) is 19.1 Å². The Morgan fingerprint density at radius 3 is 2.89 bits per heavy atom. The second kappa shape index (κ2) is 5.37. The third-order valence-electron chi connectivity index (χ3n) is 3.27. The van der Waals surface area contributed by atoms with Gasteiger partial charge in [-0.3, -0.25) is 9.47 Å². The molecular weight excluding hydrogens is 232 g/mol. The first-order chi connectivity index (χ1) is 8.63. The molecule has 5 nitrogen and oxygen atoms in total. The lowest BCUT2D eigenvalue weighted by Crippen LogP contribution is -2.35. The zero-order chi connectivity index (χ0) is 13.1. The van der Waals surface area contributed by atoms with Crippen LogP contribution in [-0.4, -0.2) is 40.8 Å². The minimum atomic E-state index is -0.332. The highest BCUT2D eigenvalue weighted by Crippen LogP contribution is 2.11. The van der Waals surface area contributed by atoms with Crippen molar-refractivity contribution in [3.05, 3.63) is 34.8 Å². The van der Waals surface area contributed by atoms with Crippen molar-refractivity contribution in [2.45, 2.75) is 19.5 Å². The summed E-state index contributed by atoms with van der Waals surface area (Å²) in [7, 11) is 1.92. The minimum absolute atomic E-state index is 0.0823. The number of rotatable bonds is 5. The Balaban J connectivity index is 2.17. The Kier molecular flexibility index (Phi) is 3.84. The van der Waals surface area contributed by atoms with Gasteiger partial charge in [0.15, 0.2) is 5.58 Å². The van der Waals surface area contributed by atoms with Gasteiger partial charge in [0.1, 0.15) is 0 Å². The lowest BCUT2D eigenvalue weighted by molar-refractivity contribution is 0.155. The highest BCUT2D eigenvalue weighted by Gasteiger charge is 2.11. The van der Waals surface area contributed by atoms with Gasteiger partial charge in [0.2, 0.25) is 0 Å². The zero-order valence-electron chi connectivity index (χ0n) is 10.7. The molecule has 5 heteroatoms. The van der Waals surface area contributed by atoms with E-state index in [0.29, 0.717) is 18.7 Å². The summed E-state index contributed by atoms with van der Waals surface area (Å²) >= 11 is 0. The topological polar surface area (TPSA) is 58.6 Å². The number of likely N-dealkylation sites (N-methyl/N-ethyl adjacent to an activating group) is 1. The lowest BCUT2D eigenvalue weighted by atomic mass is 10.3. The largest absolute Gasteiger partial charge is 0.419 e. The van der Waals surface area contributed by atoms with Crippen LogP contribution in [0.3, 0.4) is 0 Å². The number of para-hydroxylation sites is 2. The third-order valence-corrected chi connectivity index (χ3v) is 3.27. The molecule has 0 aliphatic carbocycles. The molecule has 1 atom stereocenters. The molecule has 98 valence electrons. The normalized spacial score (nSPS) is 13.3. The summed E-state index contributed by atoms with van der Waals surface area (Å²) in [5.74, 6) is -0.332. The average Bonchev–Trinajstić information content (AvgIpc) is 2.70. The first kappa shape index (κ1) is 12.9. The maximum Gasteiger partial charge on any atom is 0.419 e. The number of aliphatic hydroxyl groups excluding tert-OH is 1. The van der Waals surface area contributed by atoms with Crippen molar-refractivity contribution in [3.63, 3.8) is 0 Å². The van der Waals surface area contributed by atoms with E-state index >= 15 is 0 Å². The first-order valence-electron chi connectivity index (χ1n) is 6.03. The summed E-state index contributed by atoms with van der Waals surface area (Å²) in [6.45, 7) is 3.29. The molecule has 0 bridgehead atoms. The van der Waals surface area contributed by atoms with Crippen molar-refractivity contribution in [2.24, 2.45) is 0 Å². The van der Waals surface area contributed by atoms with E-state index in [9.17, 15) is 4.79 Å². The predicted molar refractivity (Wildman–Crippen MR) is 69.7 cm³/mol. The fourth-order valence-corrected chi connectivity index (χ4v) is 1.84. The van der Waals surface area contributed by atoms with E-state index in [2.05, 4.69) is 0 Å². The molecule has 1 aromatic carbocycles. The number of nitrogens with zero attached hydrogens (tertiary/aromatic N) is 2. The van der Waals surface area contributed by atoms with E-state index < -0.39 is 0 Å². The van der Waals surface area contributed by atoms with E-state index in [4.69, 9.17) is 9.52 Å². The fraction of sp³-hybridized carbons (Fsp3) is 0.462. The molecule has 2 rings (SSSR count). The molecule has 18 heavy (non-hydrogen) atoms. The molecule has 0 saturated heterocycles. The van der Waals surface area contributed by atoms with Crippen LogP contribution in [0.4, 0.5) is 0 Å². The van der Waals surface area contributed by atoms with Crippen LogP contribution in [0.15, 0.2) is 33.5 Å². The molecule has 0 saturated carbocycles. The van der Waals surface area contributed by atoms with Gasteiger partial charge >= 0.3 is 5.76 Å². The molecular formula is C13H18N2O3. The summed E-state index contributed by atoms with van der Waals surface area (Å²) in [5.41, 5.74) is 1.42. The number of oxazole rings is 1. The number of hydrogen-bond donors (Lipinski definition) is 1. The van der Waals surface area contributed by atoms with Crippen molar-refractivity contribution in [1.82, 2.24) is 9.47 Å². The number of aliphatic hydroxyl groups is 1. The van der Waals surface area contributed by atoms with Gasteiger partial charge in [-0.1, -0.05) is 12.1 Å². The van der Waals surface area contributed by atoms with Crippen LogP contribution in [0, 0.1) is 0 Å². The minimum Gasteiger partial charge on any atom is -0.408 e. The molecule has 0 fully saturated rings. The molecule has 1 aromatic heterocycles. The first-order valence-corrected chi connectivity index (χ1v) is 6.03. The number of hydrogen-bond acceptors (Lipinski definition) is 4. The number of aromatic nitrogens is 1. The summed E-state index contributed by atoms with van der Waals surface area (Å²) in [4.78, 5) is 13.7. The molecule has 0 radical (unpaired) electrons. The molecule has 1 unspecified atom stereocenters. The molecule has 0 aliphatic heterocycles. The van der Waals surface area contributed by atoms with Crippen LogP contribution < -0.4 is 5.76 Å². The lowest BCUT2D eigenvalue weighted by Gasteiger charge is -2.22. The highest BCUT2D eigenvalue weighted by molar-refractivity contribution is 5.72. The molecule has 1 N–H and O–H groups in total. The Bertz CT molecular complexity index is 573. The summed E-state index contributed by atoms with van der Waals surface area (Å²) in [6.07, 6.45) is 0. The maximum atomic E-state index is 11.7. The third kappa shape index (κ3) is 2.47. The molecule has 2 aromatic rings. The van der Waals surface area contributed by atoms with Crippen molar-refractivity contribution in [1.29, 1.82) is 0 Å². The fourth-order valence-electron chi connectivity index (χ4n) is 1.84. The van der Waals surface area contributed by atoms with Gasteiger partial charge in [-0.25, -0.2) is 4.79 Å². The smallest absolute Gasteiger partial charge is 0.408 e. The van der Waals surface area contributed by atoms with Crippen molar-refractivity contribution in [2.75, 3.05) is 20.2 Å². The highest BCUT2D eigenvalue weighted by atomic mass is 16.4. The van der Waals surface area contributed by atoms with Gasteiger partial charge in [-0.15, -0.1) is 0 Å². The second-order valence-electron chi connectivity index (χ2n) is 4.50. The van der Waals surface area contributed by atoms with Crippen molar-refractivity contribution in [3.8, 4) is 0 Å². The standard InChI is InChI=1S/C13H18N2O3/c1-10(9-16)14(2)7-8-15-11-5-3-4-6-12(11)18-13(15)17/h3-6,10,16H,7-9H2,1-2H3.